The zero-order valence-electron chi connectivity index (χ0n) is 20.4. The molecular weight excluding hydrogens is 507 g/mol. The largest absolute Gasteiger partial charge is 0.490 e. The number of aldehydes is 1. The number of carbonyl (C=O) groups excluding carboxylic acids is 1. The van der Waals surface area contributed by atoms with Crippen LogP contribution in [0.1, 0.15) is 23.1 Å². The summed E-state index contributed by atoms with van der Waals surface area (Å²) in [6, 6.07) is 14.0. The maximum Gasteiger partial charge on any atom is 0.416 e. The first-order valence-electron chi connectivity index (χ1n) is 12.1. The summed E-state index contributed by atoms with van der Waals surface area (Å²) in [5.74, 6) is -2.14. The predicted octanol–water partition coefficient (Wildman–Crippen LogP) is 5.54. The molecule has 0 aliphatic carbocycles. The van der Waals surface area contributed by atoms with E-state index in [2.05, 4.69) is 0 Å². The Bertz CT molecular complexity index is 1230. The van der Waals surface area contributed by atoms with Gasteiger partial charge in [0.25, 0.3) is 0 Å². The fourth-order valence-electron chi connectivity index (χ4n) is 4.51. The van der Waals surface area contributed by atoms with Crippen molar-refractivity contribution in [1.29, 1.82) is 0 Å². The Kier molecular flexibility index (Phi) is 8.51. The first-order chi connectivity index (χ1) is 18.2. The monoisotopic (exact) mass is 534 g/mol. The molecule has 3 aromatic carbocycles. The second-order valence-corrected chi connectivity index (χ2v) is 9.02. The summed E-state index contributed by atoms with van der Waals surface area (Å²) in [7, 11) is 0. The van der Waals surface area contributed by atoms with E-state index in [0.29, 0.717) is 42.8 Å². The Hall–Kier alpha value is -3.66. The minimum absolute atomic E-state index is 0.0549. The number of anilines is 1. The molecule has 0 aromatic heterocycles. The molecule has 0 spiro atoms. The molecule has 5 nitrogen and oxygen atoms in total. The lowest BCUT2D eigenvalue weighted by Crippen LogP contribution is -2.50. The van der Waals surface area contributed by atoms with Crippen molar-refractivity contribution in [3.05, 3.63) is 89.0 Å². The Balaban J connectivity index is 1.34. The highest BCUT2D eigenvalue weighted by molar-refractivity contribution is 5.62. The third kappa shape index (κ3) is 6.42. The van der Waals surface area contributed by atoms with E-state index in [1.54, 1.807) is 29.2 Å². The topological polar surface area (TPSA) is 64.8 Å². The Morgan fingerprint density at radius 2 is 1.66 bits per heavy atom. The molecular formula is C28H27F5N2O3. The van der Waals surface area contributed by atoms with Gasteiger partial charge >= 0.3 is 6.18 Å². The van der Waals surface area contributed by atoms with Crippen LogP contribution >= 0.6 is 0 Å². The summed E-state index contributed by atoms with van der Waals surface area (Å²) in [5.41, 5.74) is 7.75. The van der Waals surface area contributed by atoms with Gasteiger partial charge in [-0.1, -0.05) is 18.2 Å². The molecule has 0 radical (unpaired) electrons. The maximum absolute atomic E-state index is 13.6. The lowest BCUT2D eigenvalue weighted by atomic mass is 9.93. The highest BCUT2D eigenvalue weighted by Crippen LogP contribution is 2.36. The fourth-order valence-corrected chi connectivity index (χ4v) is 4.51. The van der Waals surface area contributed by atoms with Crippen LogP contribution in [-0.2, 0) is 23.8 Å². The number of nitrogens with zero attached hydrogens (tertiary/aromatic N) is 1. The molecule has 2 atom stereocenters. The summed E-state index contributed by atoms with van der Waals surface area (Å²) in [4.78, 5) is 13.7. The smallest absolute Gasteiger partial charge is 0.416 e. The number of rotatable bonds is 10. The van der Waals surface area contributed by atoms with E-state index in [1.165, 1.54) is 12.1 Å². The number of para-hydroxylation sites is 1. The molecule has 202 valence electrons. The number of aryl methyl sites for hydroxylation is 1. The van der Waals surface area contributed by atoms with Crippen molar-refractivity contribution >= 4 is 12.0 Å². The summed E-state index contributed by atoms with van der Waals surface area (Å²) in [6.07, 6.45) is -2.90. The number of hydrogen-bond donors (Lipinski definition) is 1. The number of carbonyl (C=O) groups is 1. The summed E-state index contributed by atoms with van der Waals surface area (Å²) < 4.78 is 77.3. The van der Waals surface area contributed by atoms with Crippen molar-refractivity contribution in [1.82, 2.24) is 0 Å². The first-order valence-corrected chi connectivity index (χ1v) is 12.1. The van der Waals surface area contributed by atoms with Crippen LogP contribution in [0.5, 0.6) is 11.5 Å². The third-order valence-electron chi connectivity index (χ3n) is 6.45. The molecule has 10 heteroatoms. The normalized spacial score (nSPS) is 14.9. The van der Waals surface area contributed by atoms with Crippen LogP contribution < -0.4 is 20.1 Å². The molecule has 1 heterocycles. The Morgan fingerprint density at radius 3 is 2.32 bits per heavy atom. The van der Waals surface area contributed by atoms with Crippen LogP contribution in [0.15, 0.2) is 60.7 Å². The van der Waals surface area contributed by atoms with Gasteiger partial charge in [-0.05, 0) is 72.9 Å². The molecule has 2 unspecified atom stereocenters. The predicted molar refractivity (Wildman–Crippen MR) is 132 cm³/mol. The maximum atomic E-state index is 13.6. The van der Waals surface area contributed by atoms with Crippen LogP contribution in [0.25, 0.3) is 0 Å². The number of ether oxygens (including phenoxy) is 2. The summed E-state index contributed by atoms with van der Waals surface area (Å²) >= 11 is 0. The fraction of sp³-hybridized carbons (Fsp3) is 0.321. The van der Waals surface area contributed by atoms with Gasteiger partial charge in [0.1, 0.15) is 25.2 Å². The number of benzene rings is 3. The molecule has 1 aliphatic heterocycles. The third-order valence-corrected chi connectivity index (χ3v) is 6.45. The second-order valence-electron chi connectivity index (χ2n) is 9.02. The van der Waals surface area contributed by atoms with Crippen LogP contribution in [0.3, 0.4) is 0 Å². The highest BCUT2D eigenvalue weighted by atomic mass is 19.4. The van der Waals surface area contributed by atoms with Crippen LogP contribution in [0.2, 0.25) is 0 Å². The molecule has 4 rings (SSSR count). The molecule has 0 saturated heterocycles. The second kappa shape index (κ2) is 11.8. The van der Waals surface area contributed by atoms with Gasteiger partial charge < -0.3 is 24.9 Å². The molecule has 0 fully saturated rings. The minimum Gasteiger partial charge on any atom is -0.490 e. The number of nitrogens with two attached hydrogens (primary N) is 1. The van der Waals surface area contributed by atoms with Gasteiger partial charge in [0.15, 0.2) is 17.4 Å². The van der Waals surface area contributed by atoms with Crippen LogP contribution in [0.4, 0.5) is 27.6 Å². The van der Waals surface area contributed by atoms with Crippen molar-refractivity contribution < 1.29 is 36.2 Å². The average molecular weight is 535 g/mol. The number of halogens is 5. The van der Waals surface area contributed by atoms with Crippen LogP contribution in [-0.4, -0.2) is 32.2 Å². The van der Waals surface area contributed by atoms with Crippen molar-refractivity contribution in [2.24, 2.45) is 11.7 Å². The minimum atomic E-state index is -4.43. The molecule has 38 heavy (non-hydrogen) atoms. The lowest BCUT2D eigenvalue weighted by molar-refractivity contribution is -0.137. The molecule has 2 N–H and O–H groups in total. The standard InChI is InChI=1S/C28H27F5N2O3/c29-23-4-1-5-24(30)26(23)38-14-13-37-22-9-6-18(7-10-22)15-20(17-36)27(34)35-12-2-3-19-16-21(28(31,32)33)8-11-25(19)35/h1,4-11,16-17,20,27H,2-3,12-15,34H2. The molecule has 0 saturated carbocycles. The number of hydrogen-bond acceptors (Lipinski definition) is 5. The van der Waals surface area contributed by atoms with E-state index in [4.69, 9.17) is 15.2 Å². The van der Waals surface area contributed by atoms with Gasteiger partial charge in [-0.15, -0.1) is 0 Å². The Morgan fingerprint density at radius 1 is 0.974 bits per heavy atom. The van der Waals surface area contributed by atoms with Crippen molar-refractivity contribution in [2.45, 2.75) is 31.6 Å². The van der Waals surface area contributed by atoms with Gasteiger partial charge in [-0.2, -0.15) is 13.2 Å². The molecule has 1 aliphatic rings. The van der Waals surface area contributed by atoms with Gasteiger partial charge in [-0.25, -0.2) is 8.78 Å². The van der Waals surface area contributed by atoms with Gasteiger partial charge in [-0.3, -0.25) is 0 Å². The van der Waals surface area contributed by atoms with Gasteiger partial charge in [0.2, 0.25) is 0 Å². The van der Waals surface area contributed by atoms with E-state index >= 15 is 0 Å². The van der Waals surface area contributed by atoms with Gasteiger partial charge in [0.05, 0.1) is 17.6 Å². The number of alkyl halides is 3. The van der Waals surface area contributed by atoms with Crippen LogP contribution in [0, 0.1) is 17.6 Å². The summed E-state index contributed by atoms with van der Waals surface area (Å²) in [6.45, 7) is 0.526. The SMILES string of the molecule is NC(C(C=O)Cc1ccc(OCCOc2c(F)cccc2F)cc1)N1CCCc2cc(C(F)(F)F)ccc21. The zero-order chi connectivity index (χ0) is 27.3. The first kappa shape index (κ1) is 27.4. The highest BCUT2D eigenvalue weighted by Gasteiger charge is 2.33. The van der Waals surface area contributed by atoms with Crippen molar-refractivity contribution in [3.63, 3.8) is 0 Å². The number of fused-ring (bicyclic) bond motifs is 1. The zero-order valence-corrected chi connectivity index (χ0v) is 20.4. The molecule has 3 aromatic rings. The average Bonchev–Trinajstić information content (AvgIpc) is 2.90. The van der Waals surface area contributed by atoms with Crippen molar-refractivity contribution in [3.8, 4) is 11.5 Å². The van der Waals surface area contributed by atoms with E-state index in [-0.39, 0.29) is 13.2 Å². The quantitative estimate of drug-likeness (QED) is 0.210. The molecule has 0 bridgehead atoms. The van der Waals surface area contributed by atoms with E-state index in [9.17, 15) is 26.7 Å². The van der Waals surface area contributed by atoms with Crippen molar-refractivity contribution in [2.75, 3.05) is 24.7 Å². The Labute approximate surface area is 217 Å². The van der Waals surface area contributed by atoms with Gasteiger partial charge in [0, 0.05) is 12.2 Å². The summed E-state index contributed by atoms with van der Waals surface area (Å²) in [5, 5.41) is 0. The van der Waals surface area contributed by atoms with E-state index in [1.807, 2.05) is 0 Å². The molecule has 0 amide bonds. The van der Waals surface area contributed by atoms with E-state index in [0.717, 1.165) is 36.1 Å². The lowest BCUT2D eigenvalue weighted by Gasteiger charge is -2.38. The van der Waals surface area contributed by atoms with E-state index < -0.39 is 41.2 Å².